The lowest BCUT2D eigenvalue weighted by Crippen LogP contribution is -2.02. The lowest BCUT2D eigenvalue weighted by atomic mass is 9.97. The molecule has 4 nitrogen and oxygen atoms in total. The zero-order valence-electron chi connectivity index (χ0n) is 29.8. The predicted octanol–water partition coefficient (Wildman–Crippen LogP) is 13.1. The summed E-state index contributed by atoms with van der Waals surface area (Å²) in [4.78, 5) is 15.4. The van der Waals surface area contributed by atoms with E-state index in [0.29, 0.717) is 17.5 Å². The molecule has 0 amide bonds. The Hall–Kier alpha value is -7.43. The van der Waals surface area contributed by atoms with E-state index < -0.39 is 0 Å². The zero-order chi connectivity index (χ0) is 36.3. The summed E-state index contributed by atoms with van der Waals surface area (Å²) in [6.45, 7) is 0. The summed E-state index contributed by atoms with van der Waals surface area (Å²) in [5.74, 6) is 1.89. The van der Waals surface area contributed by atoms with Gasteiger partial charge < -0.3 is 4.57 Å². The first-order chi connectivity index (χ1) is 27.2. The van der Waals surface area contributed by atoms with Crippen molar-refractivity contribution in [2.45, 2.75) is 0 Å². The van der Waals surface area contributed by atoms with Crippen molar-refractivity contribution in [3.05, 3.63) is 194 Å². The molecule has 55 heavy (non-hydrogen) atoms. The largest absolute Gasteiger partial charge is 0.309 e. The van der Waals surface area contributed by atoms with E-state index in [1.165, 1.54) is 37.9 Å². The Bertz CT molecular complexity index is 3250. The SMILES string of the molecule is c1ccc(-c2nc(-c3ccc(-c4cccc5ccccc45)cc3)nc(-c3cc(-n4c5ccccc5c5cc6ccccc6cc54)c4ccccc4c3)n2)cc1. The Balaban J connectivity index is 1.12. The molecule has 4 heteroatoms. The van der Waals surface area contributed by atoms with Crippen molar-refractivity contribution in [1.82, 2.24) is 19.5 Å². The van der Waals surface area contributed by atoms with Crippen LogP contribution in [0.5, 0.6) is 0 Å². The fourth-order valence-electron chi connectivity index (χ4n) is 8.15. The van der Waals surface area contributed by atoms with Crippen LogP contribution in [0, 0.1) is 0 Å². The van der Waals surface area contributed by atoms with E-state index >= 15 is 0 Å². The van der Waals surface area contributed by atoms with Crippen LogP contribution in [0.3, 0.4) is 0 Å². The number of hydrogen-bond acceptors (Lipinski definition) is 3. The van der Waals surface area contributed by atoms with Crippen LogP contribution in [0.1, 0.15) is 0 Å². The average molecular weight is 701 g/mol. The van der Waals surface area contributed by atoms with Crippen molar-refractivity contribution in [2.24, 2.45) is 0 Å². The van der Waals surface area contributed by atoms with Gasteiger partial charge in [0.05, 0.1) is 16.7 Å². The van der Waals surface area contributed by atoms with Crippen LogP contribution in [-0.2, 0) is 0 Å². The number of benzene rings is 9. The van der Waals surface area contributed by atoms with E-state index in [2.05, 4.69) is 180 Å². The number of hydrogen-bond donors (Lipinski definition) is 0. The fourth-order valence-corrected chi connectivity index (χ4v) is 8.15. The minimum Gasteiger partial charge on any atom is -0.309 e. The maximum atomic E-state index is 5.22. The monoisotopic (exact) mass is 700 g/mol. The molecule has 0 saturated heterocycles. The van der Waals surface area contributed by atoms with E-state index in [0.717, 1.165) is 49.7 Å². The molecule has 11 rings (SSSR count). The Kier molecular flexibility index (Phi) is 7.14. The van der Waals surface area contributed by atoms with E-state index in [4.69, 9.17) is 15.0 Å². The second kappa shape index (κ2) is 12.6. The van der Waals surface area contributed by atoms with Gasteiger partial charge in [0.1, 0.15) is 0 Å². The van der Waals surface area contributed by atoms with Crippen LogP contribution in [0.2, 0.25) is 0 Å². The number of fused-ring (bicyclic) bond motifs is 6. The van der Waals surface area contributed by atoms with Gasteiger partial charge in [-0.3, -0.25) is 0 Å². The van der Waals surface area contributed by atoms with Crippen molar-refractivity contribution in [3.8, 4) is 51.0 Å². The second-order valence-corrected chi connectivity index (χ2v) is 14.1. The Morgan fingerprint density at radius 1 is 0.291 bits per heavy atom. The van der Waals surface area contributed by atoms with Crippen LogP contribution in [-0.4, -0.2) is 19.5 Å². The molecule has 9 aromatic carbocycles. The highest BCUT2D eigenvalue weighted by molar-refractivity contribution is 6.14. The third-order valence-electron chi connectivity index (χ3n) is 10.8. The van der Waals surface area contributed by atoms with Gasteiger partial charge in [0.2, 0.25) is 0 Å². The van der Waals surface area contributed by atoms with Gasteiger partial charge in [-0.25, -0.2) is 15.0 Å². The van der Waals surface area contributed by atoms with E-state index in [9.17, 15) is 0 Å². The molecule has 2 heterocycles. The van der Waals surface area contributed by atoms with E-state index in [1.54, 1.807) is 0 Å². The molecular formula is C51H32N4. The van der Waals surface area contributed by atoms with Gasteiger partial charge in [-0.1, -0.05) is 164 Å². The van der Waals surface area contributed by atoms with E-state index in [-0.39, 0.29) is 0 Å². The molecule has 2 aromatic heterocycles. The highest BCUT2D eigenvalue weighted by Gasteiger charge is 2.19. The third kappa shape index (κ3) is 5.26. The summed E-state index contributed by atoms with van der Waals surface area (Å²) in [7, 11) is 0. The summed E-state index contributed by atoms with van der Waals surface area (Å²) in [5.41, 5.74) is 8.54. The number of rotatable bonds is 5. The first-order valence-electron chi connectivity index (χ1n) is 18.6. The van der Waals surface area contributed by atoms with Gasteiger partial charge in [0.25, 0.3) is 0 Å². The van der Waals surface area contributed by atoms with Gasteiger partial charge in [-0.2, -0.15) is 0 Å². The Morgan fingerprint density at radius 3 is 1.60 bits per heavy atom. The first-order valence-corrected chi connectivity index (χ1v) is 18.6. The van der Waals surface area contributed by atoms with E-state index in [1.807, 2.05) is 18.2 Å². The molecule has 0 N–H and O–H groups in total. The summed E-state index contributed by atoms with van der Waals surface area (Å²) in [6, 6.07) is 68.8. The molecule has 0 saturated carbocycles. The van der Waals surface area contributed by atoms with Gasteiger partial charge in [0.15, 0.2) is 17.5 Å². The molecule has 11 aromatic rings. The zero-order valence-corrected chi connectivity index (χ0v) is 29.8. The van der Waals surface area contributed by atoms with Crippen LogP contribution in [0.4, 0.5) is 0 Å². The molecule has 0 aliphatic heterocycles. The van der Waals surface area contributed by atoms with Crippen LogP contribution < -0.4 is 0 Å². The smallest absolute Gasteiger partial charge is 0.164 e. The number of nitrogens with zero attached hydrogens (tertiary/aromatic N) is 4. The van der Waals surface area contributed by atoms with Gasteiger partial charge in [0, 0.05) is 32.8 Å². The topological polar surface area (TPSA) is 43.6 Å². The van der Waals surface area contributed by atoms with Crippen molar-refractivity contribution < 1.29 is 0 Å². The van der Waals surface area contributed by atoms with Gasteiger partial charge >= 0.3 is 0 Å². The van der Waals surface area contributed by atoms with Crippen molar-refractivity contribution >= 4 is 54.1 Å². The number of aromatic nitrogens is 4. The molecule has 0 atom stereocenters. The second-order valence-electron chi connectivity index (χ2n) is 14.1. The summed E-state index contributed by atoms with van der Waals surface area (Å²) in [5, 5.41) is 9.61. The van der Waals surface area contributed by atoms with Gasteiger partial charge in [-0.05, 0) is 68.4 Å². The van der Waals surface area contributed by atoms with Crippen molar-refractivity contribution in [2.75, 3.05) is 0 Å². The molecule has 0 unspecified atom stereocenters. The average Bonchev–Trinajstić information content (AvgIpc) is 3.58. The summed E-state index contributed by atoms with van der Waals surface area (Å²) in [6.07, 6.45) is 0. The molecule has 0 aliphatic carbocycles. The Labute approximate surface area is 317 Å². The molecule has 0 radical (unpaired) electrons. The molecule has 256 valence electrons. The summed E-state index contributed by atoms with van der Waals surface area (Å²) >= 11 is 0. The molecule has 0 bridgehead atoms. The van der Waals surface area contributed by atoms with Crippen molar-refractivity contribution in [1.29, 1.82) is 0 Å². The maximum Gasteiger partial charge on any atom is 0.164 e. The standard InChI is InChI=1S/C51H32N4/c1-2-14-35(15-3-1)49-52-50(36-27-25-34(26-28-36)42-23-12-19-33-13-6-8-20-41(33)42)54-51(53-49)40-29-39-18-7-9-21-43(39)47(32-40)55-46-24-11-10-22-44(46)45-30-37-16-4-5-17-38(37)31-48(45)55/h1-32H. The normalized spacial score (nSPS) is 11.6. The first kappa shape index (κ1) is 31.1. The highest BCUT2D eigenvalue weighted by Crippen LogP contribution is 2.39. The van der Waals surface area contributed by atoms with Crippen LogP contribution in [0.25, 0.3) is 105 Å². The number of para-hydroxylation sites is 1. The molecular weight excluding hydrogens is 669 g/mol. The minimum absolute atomic E-state index is 0.625. The molecule has 0 spiro atoms. The highest BCUT2D eigenvalue weighted by atomic mass is 15.0. The Morgan fingerprint density at radius 2 is 0.836 bits per heavy atom. The fraction of sp³-hybridized carbons (Fsp3) is 0. The van der Waals surface area contributed by atoms with Crippen LogP contribution in [0.15, 0.2) is 194 Å². The summed E-state index contributed by atoms with van der Waals surface area (Å²) < 4.78 is 2.41. The lowest BCUT2D eigenvalue weighted by molar-refractivity contribution is 1.07. The molecule has 0 fully saturated rings. The van der Waals surface area contributed by atoms with Crippen molar-refractivity contribution in [3.63, 3.8) is 0 Å². The minimum atomic E-state index is 0.625. The molecule has 0 aliphatic rings. The lowest BCUT2D eigenvalue weighted by Gasteiger charge is -2.15. The third-order valence-corrected chi connectivity index (χ3v) is 10.8. The quantitative estimate of drug-likeness (QED) is 0.179. The van der Waals surface area contributed by atoms with Gasteiger partial charge in [-0.15, -0.1) is 0 Å². The maximum absolute atomic E-state index is 5.22. The van der Waals surface area contributed by atoms with Crippen LogP contribution >= 0.6 is 0 Å². The predicted molar refractivity (Wildman–Crippen MR) is 228 cm³/mol.